The highest BCUT2D eigenvalue weighted by Gasteiger charge is 2.15. The molecule has 0 atom stereocenters. The fraction of sp³-hybridized carbons (Fsp3) is 0.600. The van der Waals surface area contributed by atoms with Crippen molar-refractivity contribution >= 4 is 47.2 Å². The standard InChI is InChI=1S/C15H24N4OS.HI/c16-15(17-9-8-13-7-4-10-21-13)18-11-14(20)19-12-5-2-1-3-6-12;/h4,7,10,12H,1-3,5-6,8-9,11H2,(H,19,20)(H3,16,17,18);1H. The molecule has 4 N–H and O–H groups in total. The van der Waals surface area contributed by atoms with Crippen molar-refractivity contribution in [3.63, 3.8) is 0 Å². The molecule has 1 amide bonds. The van der Waals surface area contributed by atoms with Crippen molar-refractivity contribution in [1.29, 1.82) is 0 Å². The lowest BCUT2D eigenvalue weighted by atomic mass is 9.95. The second-order valence-electron chi connectivity index (χ2n) is 5.36. The first kappa shape index (κ1) is 19.2. The monoisotopic (exact) mass is 436 g/mol. The van der Waals surface area contributed by atoms with Crippen LogP contribution in [0.1, 0.15) is 37.0 Å². The van der Waals surface area contributed by atoms with E-state index in [1.54, 1.807) is 11.3 Å². The van der Waals surface area contributed by atoms with Gasteiger partial charge < -0.3 is 16.4 Å². The molecule has 0 aromatic carbocycles. The van der Waals surface area contributed by atoms with Crippen molar-refractivity contribution in [1.82, 2.24) is 10.6 Å². The van der Waals surface area contributed by atoms with Gasteiger partial charge in [-0.15, -0.1) is 35.3 Å². The number of aliphatic imine (C=N–C) groups is 1. The number of rotatable bonds is 6. The van der Waals surface area contributed by atoms with Gasteiger partial charge in [0.2, 0.25) is 5.91 Å². The SMILES string of the molecule is I.NC(=NCC(=O)NC1CCCCC1)NCCc1cccs1. The summed E-state index contributed by atoms with van der Waals surface area (Å²) in [5.74, 6) is 0.301. The number of carbonyl (C=O) groups excluding carboxylic acids is 1. The summed E-state index contributed by atoms with van der Waals surface area (Å²) in [5.41, 5.74) is 5.76. The van der Waals surface area contributed by atoms with E-state index in [2.05, 4.69) is 27.1 Å². The number of guanidine groups is 1. The normalized spacial score (nSPS) is 15.9. The van der Waals surface area contributed by atoms with E-state index in [4.69, 9.17) is 5.73 Å². The molecule has 2 rings (SSSR count). The summed E-state index contributed by atoms with van der Waals surface area (Å²) in [7, 11) is 0. The summed E-state index contributed by atoms with van der Waals surface area (Å²) >= 11 is 1.73. The van der Waals surface area contributed by atoms with E-state index in [-0.39, 0.29) is 36.4 Å². The zero-order valence-corrected chi connectivity index (χ0v) is 15.9. The van der Waals surface area contributed by atoms with Crippen LogP contribution in [0.5, 0.6) is 0 Å². The number of nitrogens with one attached hydrogen (secondary N) is 2. The number of hydrogen-bond donors (Lipinski definition) is 3. The Labute approximate surface area is 153 Å². The van der Waals surface area contributed by atoms with Crippen LogP contribution >= 0.6 is 35.3 Å². The maximum atomic E-state index is 11.8. The molecule has 0 radical (unpaired) electrons. The minimum Gasteiger partial charge on any atom is -0.370 e. The minimum atomic E-state index is -0.0371. The van der Waals surface area contributed by atoms with Crippen LogP contribution in [0, 0.1) is 0 Å². The highest BCUT2D eigenvalue weighted by atomic mass is 127. The molecule has 0 aliphatic heterocycles. The van der Waals surface area contributed by atoms with Crippen LogP contribution < -0.4 is 16.4 Å². The molecule has 0 bridgehead atoms. The van der Waals surface area contributed by atoms with Crippen LogP contribution in [0.4, 0.5) is 0 Å². The average Bonchev–Trinajstić information content (AvgIpc) is 2.99. The number of amides is 1. The van der Waals surface area contributed by atoms with Crippen molar-refractivity contribution in [2.24, 2.45) is 10.7 Å². The third kappa shape index (κ3) is 7.44. The molecule has 1 fully saturated rings. The molecular formula is C15H25IN4OS. The molecule has 0 saturated heterocycles. The minimum absolute atomic E-state index is 0. The van der Waals surface area contributed by atoms with Gasteiger partial charge in [0.25, 0.3) is 0 Å². The van der Waals surface area contributed by atoms with E-state index < -0.39 is 0 Å². The molecule has 1 aliphatic rings. The number of hydrogen-bond acceptors (Lipinski definition) is 3. The van der Waals surface area contributed by atoms with Gasteiger partial charge in [-0.1, -0.05) is 25.3 Å². The number of thiophene rings is 1. The van der Waals surface area contributed by atoms with E-state index in [1.807, 2.05) is 6.07 Å². The first-order valence-electron chi connectivity index (χ1n) is 7.59. The maximum Gasteiger partial charge on any atom is 0.242 e. The van der Waals surface area contributed by atoms with Gasteiger partial charge in [-0.05, 0) is 30.7 Å². The lowest BCUT2D eigenvalue weighted by molar-refractivity contribution is -0.120. The Bertz CT molecular complexity index is 458. The first-order chi connectivity index (χ1) is 10.2. The molecule has 0 unspecified atom stereocenters. The lowest BCUT2D eigenvalue weighted by Crippen LogP contribution is -2.39. The van der Waals surface area contributed by atoms with Crippen molar-refractivity contribution < 1.29 is 4.79 Å². The van der Waals surface area contributed by atoms with Crippen molar-refractivity contribution in [2.45, 2.75) is 44.6 Å². The molecule has 124 valence electrons. The largest absolute Gasteiger partial charge is 0.370 e. The van der Waals surface area contributed by atoms with Crippen molar-refractivity contribution in [3.8, 4) is 0 Å². The van der Waals surface area contributed by atoms with Gasteiger partial charge in [0.05, 0.1) is 0 Å². The Morgan fingerprint density at radius 3 is 2.82 bits per heavy atom. The predicted molar refractivity (Wildman–Crippen MR) is 103 cm³/mol. The Morgan fingerprint density at radius 2 is 2.14 bits per heavy atom. The highest BCUT2D eigenvalue weighted by Crippen LogP contribution is 2.17. The van der Waals surface area contributed by atoms with Gasteiger partial charge >= 0.3 is 0 Å². The van der Waals surface area contributed by atoms with E-state index in [1.165, 1.54) is 24.1 Å². The second-order valence-corrected chi connectivity index (χ2v) is 6.39. The molecule has 1 heterocycles. The molecular weight excluding hydrogens is 411 g/mol. The fourth-order valence-corrected chi connectivity index (χ4v) is 3.21. The Balaban J connectivity index is 0.00000242. The zero-order chi connectivity index (χ0) is 14.9. The van der Waals surface area contributed by atoms with Gasteiger partial charge in [0.1, 0.15) is 6.54 Å². The van der Waals surface area contributed by atoms with Crippen molar-refractivity contribution in [3.05, 3.63) is 22.4 Å². The van der Waals surface area contributed by atoms with Gasteiger partial charge in [0, 0.05) is 17.5 Å². The quantitative estimate of drug-likeness (QED) is 0.364. The van der Waals surface area contributed by atoms with Crippen molar-refractivity contribution in [2.75, 3.05) is 13.1 Å². The van der Waals surface area contributed by atoms with Gasteiger partial charge in [-0.25, -0.2) is 4.99 Å². The smallest absolute Gasteiger partial charge is 0.242 e. The molecule has 1 aromatic rings. The van der Waals surface area contributed by atoms with E-state index in [0.717, 1.165) is 25.8 Å². The van der Waals surface area contributed by atoms with Crippen LogP contribution in [-0.2, 0) is 11.2 Å². The van der Waals surface area contributed by atoms with E-state index in [0.29, 0.717) is 12.0 Å². The molecule has 22 heavy (non-hydrogen) atoms. The van der Waals surface area contributed by atoms with Gasteiger partial charge in [0.15, 0.2) is 5.96 Å². The molecule has 5 nitrogen and oxygen atoms in total. The lowest BCUT2D eigenvalue weighted by Gasteiger charge is -2.22. The summed E-state index contributed by atoms with van der Waals surface area (Å²) in [6.07, 6.45) is 6.79. The molecule has 1 saturated carbocycles. The first-order valence-corrected chi connectivity index (χ1v) is 8.47. The van der Waals surface area contributed by atoms with Crippen LogP contribution in [0.2, 0.25) is 0 Å². The number of nitrogens with zero attached hydrogens (tertiary/aromatic N) is 1. The third-order valence-electron chi connectivity index (χ3n) is 3.62. The molecule has 0 spiro atoms. The number of halogens is 1. The summed E-state index contributed by atoms with van der Waals surface area (Å²) in [6, 6.07) is 4.46. The summed E-state index contributed by atoms with van der Waals surface area (Å²) < 4.78 is 0. The fourth-order valence-electron chi connectivity index (χ4n) is 2.50. The van der Waals surface area contributed by atoms with E-state index >= 15 is 0 Å². The van der Waals surface area contributed by atoms with Crippen LogP contribution in [-0.4, -0.2) is 31.0 Å². The van der Waals surface area contributed by atoms with Gasteiger partial charge in [-0.3, -0.25) is 4.79 Å². The number of nitrogens with two attached hydrogens (primary N) is 1. The summed E-state index contributed by atoms with van der Waals surface area (Å²) in [6.45, 7) is 0.842. The van der Waals surface area contributed by atoms with Crippen LogP contribution in [0.25, 0.3) is 0 Å². The summed E-state index contributed by atoms with van der Waals surface area (Å²) in [4.78, 5) is 17.2. The highest BCUT2D eigenvalue weighted by molar-refractivity contribution is 14.0. The zero-order valence-electron chi connectivity index (χ0n) is 12.7. The molecule has 1 aromatic heterocycles. The Kier molecular flexibility index (Phi) is 9.45. The predicted octanol–water partition coefficient (Wildman–Crippen LogP) is 2.26. The maximum absolute atomic E-state index is 11.8. The third-order valence-corrected chi connectivity index (χ3v) is 4.56. The number of carbonyl (C=O) groups is 1. The van der Waals surface area contributed by atoms with Crippen LogP contribution in [0.3, 0.4) is 0 Å². The topological polar surface area (TPSA) is 79.5 Å². The molecule has 1 aliphatic carbocycles. The second kappa shape index (κ2) is 10.8. The summed E-state index contributed by atoms with van der Waals surface area (Å²) in [5, 5.41) is 8.12. The average molecular weight is 436 g/mol. The van der Waals surface area contributed by atoms with Gasteiger partial charge in [-0.2, -0.15) is 0 Å². The van der Waals surface area contributed by atoms with Crippen LogP contribution in [0.15, 0.2) is 22.5 Å². The van der Waals surface area contributed by atoms with E-state index in [9.17, 15) is 4.79 Å². The Morgan fingerprint density at radius 1 is 1.36 bits per heavy atom. The Hall–Kier alpha value is -0.830. The molecule has 7 heteroatoms.